The first-order chi connectivity index (χ1) is 15.9. The molecule has 0 spiro atoms. The first-order valence-corrected chi connectivity index (χ1v) is 13.5. The minimum absolute atomic E-state index is 0.0416. The topological polar surface area (TPSA) is 103 Å². The summed E-state index contributed by atoms with van der Waals surface area (Å²) in [4.78, 5) is 25.4. The quantitative estimate of drug-likeness (QED) is 0.193. The highest BCUT2D eigenvalue weighted by Gasteiger charge is 2.28. The van der Waals surface area contributed by atoms with E-state index in [0.717, 1.165) is 17.7 Å². The Morgan fingerprint density at radius 1 is 1.24 bits per heavy atom. The highest BCUT2D eigenvalue weighted by molar-refractivity contribution is 7.98. The Bertz CT molecular complexity index is 681. The Morgan fingerprint density at radius 2 is 1.94 bits per heavy atom. The second kappa shape index (κ2) is 17.2. The van der Waals surface area contributed by atoms with Gasteiger partial charge in [0.15, 0.2) is 0 Å². The SMILES string of the molecule is CC[C@H](C)C(COC(Cc1ccccc1)C(=O)N[C@H](CCSC)C(=O)OC)NCC(N)CS. The second-order valence-electron chi connectivity index (χ2n) is 8.22. The fourth-order valence-electron chi connectivity index (χ4n) is 3.24. The van der Waals surface area contributed by atoms with Crippen molar-refractivity contribution in [1.29, 1.82) is 0 Å². The number of rotatable bonds is 17. The van der Waals surface area contributed by atoms with E-state index in [1.807, 2.05) is 36.6 Å². The molecule has 3 unspecified atom stereocenters. The number of methoxy groups -OCH3 is 1. The van der Waals surface area contributed by atoms with Gasteiger partial charge in [0.1, 0.15) is 12.1 Å². The molecule has 0 aliphatic heterocycles. The Labute approximate surface area is 208 Å². The number of thiol groups is 1. The molecule has 0 bridgehead atoms. The average molecular weight is 500 g/mol. The van der Waals surface area contributed by atoms with Crippen LogP contribution < -0.4 is 16.4 Å². The summed E-state index contributed by atoms with van der Waals surface area (Å²) in [5.41, 5.74) is 7.00. The van der Waals surface area contributed by atoms with E-state index in [1.165, 1.54) is 7.11 Å². The zero-order valence-electron chi connectivity index (χ0n) is 20.3. The molecule has 0 heterocycles. The number of carbonyl (C=O) groups is 2. The molecule has 0 saturated heterocycles. The van der Waals surface area contributed by atoms with Crippen LogP contribution in [0.5, 0.6) is 0 Å². The maximum Gasteiger partial charge on any atom is 0.328 e. The predicted molar refractivity (Wildman–Crippen MR) is 140 cm³/mol. The summed E-state index contributed by atoms with van der Waals surface area (Å²) in [6, 6.07) is 9.01. The summed E-state index contributed by atoms with van der Waals surface area (Å²) in [5, 5.41) is 6.31. The van der Waals surface area contributed by atoms with Crippen molar-refractivity contribution in [3.8, 4) is 0 Å². The number of nitrogens with two attached hydrogens (primary N) is 1. The lowest BCUT2D eigenvalue weighted by molar-refractivity contribution is -0.147. The molecule has 7 nitrogen and oxygen atoms in total. The minimum Gasteiger partial charge on any atom is -0.467 e. The van der Waals surface area contributed by atoms with Gasteiger partial charge in [-0.2, -0.15) is 24.4 Å². The average Bonchev–Trinajstić information content (AvgIpc) is 2.84. The van der Waals surface area contributed by atoms with Crippen molar-refractivity contribution in [2.75, 3.05) is 38.0 Å². The number of hydrogen-bond acceptors (Lipinski definition) is 8. The molecule has 1 aromatic rings. The van der Waals surface area contributed by atoms with Crippen LogP contribution in [0.4, 0.5) is 0 Å². The first-order valence-electron chi connectivity index (χ1n) is 11.5. The molecular weight excluding hydrogens is 458 g/mol. The van der Waals surface area contributed by atoms with E-state index >= 15 is 0 Å². The lowest BCUT2D eigenvalue weighted by Gasteiger charge is -2.28. The van der Waals surface area contributed by atoms with Gasteiger partial charge >= 0.3 is 5.97 Å². The van der Waals surface area contributed by atoms with Crippen molar-refractivity contribution >= 4 is 36.3 Å². The molecule has 1 rings (SSSR count). The molecule has 0 aromatic heterocycles. The molecule has 0 saturated carbocycles. The maximum absolute atomic E-state index is 13.2. The number of thioether (sulfide) groups is 1. The zero-order chi connectivity index (χ0) is 24.6. The Morgan fingerprint density at radius 3 is 2.52 bits per heavy atom. The van der Waals surface area contributed by atoms with Gasteiger partial charge in [0, 0.05) is 30.8 Å². The van der Waals surface area contributed by atoms with Gasteiger partial charge in [-0.05, 0) is 29.9 Å². The standard InChI is InChI=1S/C24H41N3O4S2/c1-5-17(2)21(26-14-19(25)16-32)15-31-22(13-18-9-7-6-8-10-18)23(28)27-20(11-12-33-4)24(29)30-3/h6-10,17,19-22,26,32H,5,11-16,25H2,1-4H3,(H,27,28)/t17-,19?,20+,21?,22?/m0/s1. The van der Waals surface area contributed by atoms with Crippen molar-refractivity contribution in [3.63, 3.8) is 0 Å². The molecule has 9 heteroatoms. The van der Waals surface area contributed by atoms with Crippen LogP contribution in [-0.2, 0) is 25.5 Å². The van der Waals surface area contributed by atoms with Gasteiger partial charge in [-0.15, -0.1) is 0 Å². The van der Waals surface area contributed by atoms with Gasteiger partial charge in [0.25, 0.3) is 0 Å². The third kappa shape index (κ3) is 11.6. The molecule has 0 aliphatic carbocycles. The molecule has 188 valence electrons. The van der Waals surface area contributed by atoms with Gasteiger partial charge in [-0.25, -0.2) is 4.79 Å². The Hall–Kier alpha value is -1.26. The summed E-state index contributed by atoms with van der Waals surface area (Å²) in [6.45, 7) is 5.25. The maximum atomic E-state index is 13.2. The van der Waals surface area contributed by atoms with Gasteiger partial charge in [0.05, 0.1) is 13.7 Å². The monoisotopic (exact) mass is 499 g/mol. The van der Waals surface area contributed by atoms with Crippen LogP contribution in [0.1, 0.15) is 32.3 Å². The molecule has 0 aliphatic rings. The van der Waals surface area contributed by atoms with Crippen LogP contribution in [0, 0.1) is 5.92 Å². The smallest absolute Gasteiger partial charge is 0.328 e. The highest BCUT2D eigenvalue weighted by Crippen LogP contribution is 2.13. The van der Waals surface area contributed by atoms with Crippen molar-refractivity contribution in [2.24, 2.45) is 11.7 Å². The van der Waals surface area contributed by atoms with Gasteiger partial charge < -0.3 is 25.8 Å². The summed E-state index contributed by atoms with van der Waals surface area (Å²) in [5.74, 6) is 0.892. The number of ether oxygens (including phenoxy) is 2. The van der Waals surface area contributed by atoms with Crippen LogP contribution in [0.25, 0.3) is 0 Å². The molecule has 0 fully saturated rings. The van der Waals surface area contributed by atoms with Gasteiger partial charge in [0.2, 0.25) is 5.91 Å². The predicted octanol–water partition coefficient (Wildman–Crippen LogP) is 2.29. The van der Waals surface area contributed by atoms with E-state index in [1.54, 1.807) is 11.8 Å². The summed E-state index contributed by atoms with van der Waals surface area (Å²) in [6.07, 6.45) is 3.09. The molecule has 1 amide bonds. The lowest BCUT2D eigenvalue weighted by atomic mass is 9.99. The lowest BCUT2D eigenvalue weighted by Crippen LogP contribution is -2.50. The number of hydrogen-bond donors (Lipinski definition) is 4. The van der Waals surface area contributed by atoms with Crippen LogP contribution in [-0.4, -0.2) is 74.1 Å². The third-order valence-electron chi connectivity index (χ3n) is 5.65. The third-order valence-corrected chi connectivity index (χ3v) is 6.77. The fraction of sp³-hybridized carbons (Fsp3) is 0.667. The van der Waals surface area contributed by atoms with Crippen molar-refractivity contribution in [2.45, 2.75) is 57.3 Å². The van der Waals surface area contributed by atoms with Crippen molar-refractivity contribution in [3.05, 3.63) is 35.9 Å². The van der Waals surface area contributed by atoms with E-state index in [-0.39, 0.29) is 18.0 Å². The summed E-state index contributed by atoms with van der Waals surface area (Å²) >= 11 is 5.86. The Kier molecular flexibility index (Phi) is 15.5. The highest BCUT2D eigenvalue weighted by atomic mass is 32.2. The van der Waals surface area contributed by atoms with E-state index in [4.69, 9.17) is 15.2 Å². The number of benzene rings is 1. The van der Waals surface area contributed by atoms with Crippen molar-refractivity contribution in [1.82, 2.24) is 10.6 Å². The van der Waals surface area contributed by atoms with E-state index < -0.39 is 18.1 Å². The molecule has 33 heavy (non-hydrogen) atoms. The number of amides is 1. The van der Waals surface area contributed by atoms with E-state index in [0.29, 0.717) is 37.7 Å². The van der Waals surface area contributed by atoms with Crippen LogP contribution in [0.15, 0.2) is 30.3 Å². The first kappa shape index (κ1) is 29.8. The van der Waals surface area contributed by atoms with Crippen LogP contribution >= 0.6 is 24.4 Å². The summed E-state index contributed by atoms with van der Waals surface area (Å²) in [7, 11) is 1.33. The van der Waals surface area contributed by atoms with Crippen LogP contribution in [0.3, 0.4) is 0 Å². The van der Waals surface area contributed by atoms with E-state index in [2.05, 4.69) is 37.1 Å². The number of carbonyl (C=O) groups excluding carboxylic acids is 2. The fourth-order valence-corrected chi connectivity index (χ4v) is 3.84. The minimum atomic E-state index is -0.735. The molecule has 5 atom stereocenters. The van der Waals surface area contributed by atoms with Gasteiger partial charge in [-0.3, -0.25) is 4.79 Å². The van der Waals surface area contributed by atoms with Gasteiger partial charge in [-0.1, -0.05) is 50.6 Å². The van der Waals surface area contributed by atoms with E-state index in [9.17, 15) is 9.59 Å². The molecule has 1 aromatic carbocycles. The number of nitrogens with one attached hydrogen (secondary N) is 2. The molecular formula is C24H41N3O4S2. The summed E-state index contributed by atoms with van der Waals surface area (Å²) < 4.78 is 11.1. The zero-order valence-corrected chi connectivity index (χ0v) is 22.0. The molecule has 4 N–H and O–H groups in total. The largest absolute Gasteiger partial charge is 0.467 e. The number of esters is 1. The second-order valence-corrected chi connectivity index (χ2v) is 9.57. The van der Waals surface area contributed by atoms with Crippen LogP contribution in [0.2, 0.25) is 0 Å². The molecule has 0 radical (unpaired) electrons. The Balaban J connectivity index is 2.94. The van der Waals surface area contributed by atoms with Crippen molar-refractivity contribution < 1.29 is 19.1 Å². The normalized spacial score (nSPS) is 15.8.